The van der Waals surface area contributed by atoms with E-state index in [2.05, 4.69) is 20.4 Å². The predicted molar refractivity (Wildman–Crippen MR) is 64.8 cm³/mol. The Kier molecular flexibility index (Phi) is 2.75. The van der Waals surface area contributed by atoms with E-state index in [1.165, 1.54) is 0 Å². The third kappa shape index (κ3) is 2.14. The van der Waals surface area contributed by atoms with Gasteiger partial charge >= 0.3 is 0 Å². The van der Waals surface area contributed by atoms with Gasteiger partial charge in [0.2, 0.25) is 0 Å². The zero-order valence-electron chi connectivity index (χ0n) is 9.47. The molecular formula is C12H14N4O. The van der Waals surface area contributed by atoms with Gasteiger partial charge in [0.15, 0.2) is 0 Å². The maximum Gasteiger partial charge on any atom is 0.266 e. The molecule has 0 amide bonds. The predicted octanol–water partition coefficient (Wildman–Crippen LogP) is 1.15. The van der Waals surface area contributed by atoms with Crippen molar-refractivity contribution in [2.45, 2.75) is 0 Å². The second kappa shape index (κ2) is 4.55. The molecule has 1 aliphatic heterocycles. The number of anilines is 1. The topological polar surface area (TPSA) is 54.2 Å². The maximum absolute atomic E-state index is 5.28. The smallest absolute Gasteiger partial charge is 0.266 e. The number of benzene rings is 1. The summed E-state index contributed by atoms with van der Waals surface area (Å²) >= 11 is 0. The van der Waals surface area contributed by atoms with Crippen LogP contribution >= 0.6 is 0 Å². The van der Waals surface area contributed by atoms with Gasteiger partial charge in [-0.2, -0.15) is 4.98 Å². The Balaban J connectivity index is 1.83. The molecule has 1 N–H and O–H groups in total. The molecule has 17 heavy (non-hydrogen) atoms. The van der Waals surface area contributed by atoms with E-state index in [1.807, 2.05) is 30.3 Å². The number of aromatic nitrogens is 2. The molecule has 0 radical (unpaired) electrons. The van der Waals surface area contributed by atoms with E-state index in [-0.39, 0.29) is 0 Å². The SMILES string of the molecule is c1ccc(-c2nc(N3CCNCC3)no2)cc1. The summed E-state index contributed by atoms with van der Waals surface area (Å²) in [4.78, 5) is 6.56. The largest absolute Gasteiger partial charge is 0.336 e. The van der Waals surface area contributed by atoms with Crippen molar-refractivity contribution in [3.8, 4) is 11.5 Å². The van der Waals surface area contributed by atoms with Crippen molar-refractivity contribution in [1.29, 1.82) is 0 Å². The van der Waals surface area contributed by atoms with Crippen molar-refractivity contribution in [1.82, 2.24) is 15.5 Å². The van der Waals surface area contributed by atoms with E-state index < -0.39 is 0 Å². The van der Waals surface area contributed by atoms with Gasteiger partial charge in [-0.15, -0.1) is 0 Å². The molecule has 1 saturated heterocycles. The summed E-state index contributed by atoms with van der Waals surface area (Å²) in [5, 5.41) is 7.32. The van der Waals surface area contributed by atoms with Crippen LogP contribution in [0.25, 0.3) is 11.5 Å². The zero-order chi connectivity index (χ0) is 11.5. The minimum atomic E-state index is 0.583. The highest BCUT2D eigenvalue weighted by atomic mass is 16.5. The van der Waals surface area contributed by atoms with E-state index in [0.717, 1.165) is 31.7 Å². The number of hydrogen-bond acceptors (Lipinski definition) is 5. The third-order valence-electron chi connectivity index (χ3n) is 2.84. The number of nitrogens with one attached hydrogen (secondary N) is 1. The fourth-order valence-electron chi connectivity index (χ4n) is 1.91. The Morgan fingerprint density at radius 1 is 1.12 bits per heavy atom. The summed E-state index contributed by atoms with van der Waals surface area (Å²) in [6.45, 7) is 3.78. The van der Waals surface area contributed by atoms with E-state index in [1.54, 1.807) is 0 Å². The van der Waals surface area contributed by atoms with Gasteiger partial charge < -0.3 is 14.7 Å². The van der Waals surface area contributed by atoms with Crippen LogP contribution in [0.15, 0.2) is 34.9 Å². The van der Waals surface area contributed by atoms with Gasteiger partial charge in [-0.1, -0.05) is 18.2 Å². The van der Waals surface area contributed by atoms with Crippen LogP contribution in [-0.2, 0) is 0 Å². The van der Waals surface area contributed by atoms with Gasteiger partial charge in [-0.05, 0) is 17.3 Å². The van der Waals surface area contributed by atoms with E-state index >= 15 is 0 Å². The third-order valence-corrected chi connectivity index (χ3v) is 2.84. The van der Waals surface area contributed by atoms with Crippen LogP contribution in [0.3, 0.4) is 0 Å². The maximum atomic E-state index is 5.28. The normalized spacial score (nSPS) is 16.1. The average molecular weight is 230 g/mol. The fourth-order valence-corrected chi connectivity index (χ4v) is 1.91. The summed E-state index contributed by atoms with van der Waals surface area (Å²) in [7, 11) is 0. The lowest BCUT2D eigenvalue weighted by Gasteiger charge is -2.25. The Labute approximate surface area is 99.4 Å². The number of nitrogens with zero attached hydrogens (tertiary/aromatic N) is 3. The molecule has 1 fully saturated rings. The van der Waals surface area contributed by atoms with Gasteiger partial charge in [0, 0.05) is 31.7 Å². The fraction of sp³-hybridized carbons (Fsp3) is 0.333. The van der Waals surface area contributed by atoms with Crippen molar-refractivity contribution in [2.24, 2.45) is 0 Å². The molecule has 0 aliphatic carbocycles. The lowest BCUT2D eigenvalue weighted by atomic mass is 10.2. The molecule has 1 aromatic carbocycles. The number of piperazine rings is 1. The summed E-state index contributed by atoms with van der Waals surface area (Å²) in [5.41, 5.74) is 0.960. The van der Waals surface area contributed by atoms with E-state index in [4.69, 9.17) is 4.52 Å². The molecule has 0 spiro atoms. The first kappa shape index (κ1) is 10.3. The zero-order valence-corrected chi connectivity index (χ0v) is 9.47. The highest BCUT2D eigenvalue weighted by Gasteiger charge is 2.16. The second-order valence-corrected chi connectivity index (χ2v) is 4.00. The van der Waals surface area contributed by atoms with Crippen molar-refractivity contribution < 1.29 is 4.52 Å². The molecule has 0 atom stereocenters. The van der Waals surface area contributed by atoms with Gasteiger partial charge in [-0.3, -0.25) is 0 Å². The molecule has 3 rings (SSSR count). The molecule has 0 unspecified atom stereocenters. The van der Waals surface area contributed by atoms with Crippen molar-refractivity contribution in [2.75, 3.05) is 31.1 Å². The molecule has 1 aliphatic rings. The van der Waals surface area contributed by atoms with Gasteiger partial charge in [-0.25, -0.2) is 0 Å². The van der Waals surface area contributed by atoms with Crippen LogP contribution in [-0.4, -0.2) is 36.3 Å². The molecule has 5 heteroatoms. The highest BCUT2D eigenvalue weighted by molar-refractivity contribution is 5.54. The van der Waals surface area contributed by atoms with Crippen LogP contribution in [0, 0.1) is 0 Å². The lowest BCUT2D eigenvalue weighted by molar-refractivity contribution is 0.427. The van der Waals surface area contributed by atoms with Gasteiger partial charge in [0.05, 0.1) is 0 Å². The Bertz CT molecular complexity index is 476. The summed E-state index contributed by atoms with van der Waals surface area (Å²) in [6, 6.07) is 9.83. The molecule has 88 valence electrons. The van der Waals surface area contributed by atoms with Crippen LogP contribution < -0.4 is 10.2 Å². The first-order chi connectivity index (χ1) is 8.43. The number of rotatable bonds is 2. The molecular weight excluding hydrogens is 216 g/mol. The average Bonchev–Trinajstić information content (AvgIpc) is 2.90. The monoisotopic (exact) mass is 230 g/mol. The highest BCUT2D eigenvalue weighted by Crippen LogP contribution is 2.19. The Hall–Kier alpha value is -1.88. The molecule has 2 aromatic rings. The second-order valence-electron chi connectivity index (χ2n) is 4.00. The standard InChI is InChI=1S/C12H14N4O/c1-2-4-10(5-3-1)11-14-12(15-17-11)16-8-6-13-7-9-16/h1-5,13H,6-9H2. The molecule has 0 bridgehead atoms. The Morgan fingerprint density at radius 3 is 2.65 bits per heavy atom. The van der Waals surface area contributed by atoms with Crippen molar-refractivity contribution in [3.63, 3.8) is 0 Å². The van der Waals surface area contributed by atoms with Crippen LogP contribution in [0.5, 0.6) is 0 Å². The van der Waals surface area contributed by atoms with Crippen LogP contribution in [0.4, 0.5) is 5.95 Å². The molecule has 5 nitrogen and oxygen atoms in total. The van der Waals surface area contributed by atoms with Crippen LogP contribution in [0.2, 0.25) is 0 Å². The summed E-state index contributed by atoms with van der Waals surface area (Å²) in [6.07, 6.45) is 0. The van der Waals surface area contributed by atoms with Crippen LogP contribution in [0.1, 0.15) is 0 Å². The molecule has 0 saturated carbocycles. The quantitative estimate of drug-likeness (QED) is 0.838. The summed E-state index contributed by atoms with van der Waals surface area (Å²) < 4.78 is 5.28. The van der Waals surface area contributed by atoms with E-state index in [0.29, 0.717) is 11.8 Å². The van der Waals surface area contributed by atoms with Gasteiger partial charge in [0.25, 0.3) is 11.8 Å². The molecule has 1 aromatic heterocycles. The van der Waals surface area contributed by atoms with E-state index in [9.17, 15) is 0 Å². The lowest BCUT2D eigenvalue weighted by Crippen LogP contribution is -2.44. The van der Waals surface area contributed by atoms with Crippen molar-refractivity contribution >= 4 is 5.95 Å². The number of hydrogen-bond donors (Lipinski definition) is 1. The van der Waals surface area contributed by atoms with Gasteiger partial charge in [0.1, 0.15) is 0 Å². The van der Waals surface area contributed by atoms with Crippen molar-refractivity contribution in [3.05, 3.63) is 30.3 Å². The minimum Gasteiger partial charge on any atom is -0.336 e. The first-order valence-electron chi connectivity index (χ1n) is 5.78. The molecule has 2 heterocycles. The summed E-state index contributed by atoms with van der Waals surface area (Å²) in [5.74, 6) is 1.27. The first-order valence-corrected chi connectivity index (χ1v) is 5.78. The minimum absolute atomic E-state index is 0.583. The Morgan fingerprint density at radius 2 is 1.88 bits per heavy atom.